The van der Waals surface area contributed by atoms with Crippen molar-refractivity contribution >= 4 is 11.7 Å². The summed E-state index contributed by atoms with van der Waals surface area (Å²) < 4.78 is 0. The lowest BCUT2D eigenvalue weighted by atomic mass is 10.0. The van der Waals surface area contributed by atoms with Crippen LogP contribution in [0, 0.1) is 5.92 Å². The molecule has 1 aliphatic rings. The Morgan fingerprint density at radius 3 is 2.77 bits per heavy atom. The first-order chi connectivity index (χ1) is 12.7. The van der Waals surface area contributed by atoms with Crippen molar-refractivity contribution in [2.45, 2.75) is 32.4 Å². The fourth-order valence-corrected chi connectivity index (χ4v) is 3.41. The Kier molecular flexibility index (Phi) is 6.61. The van der Waals surface area contributed by atoms with Gasteiger partial charge in [0.2, 0.25) is 5.91 Å². The van der Waals surface area contributed by atoms with Crippen LogP contribution in [0.5, 0.6) is 0 Å². The van der Waals surface area contributed by atoms with Gasteiger partial charge in [0, 0.05) is 44.8 Å². The summed E-state index contributed by atoms with van der Waals surface area (Å²) in [7, 11) is 0. The minimum Gasteiger partial charge on any atom is -0.356 e. The monoisotopic (exact) mass is 352 g/mol. The van der Waals surface area contributed by atoms with Gasteiger partial charge in [0.05, 0.1) is 0 Å². The van der Waals surface area contributed by atoms with E-state index < -0.39 is 0 Å². The van der Waals surface area contributed by atoms with Crippen LogP contribution in [0.3, 0.4) is 0 Å². The van der Waals surface area contributed by atoms with Crippen molar-refractivity contribution in [3.8, 4) is 0 Å². The molecule has 2 aromatic rings. The topological polar surface area (TPSA) is 57.3 Å². The van der Waals surface area contributed by atoms with Crippen LogP contribution < -0.4 is 15.5 Å². The molecule has 5 nitrogen and oxygen atoms in total. The van der Waals surface area contributed by atoms with E-state index in [0.29, 0.717) is 12.3 Å². The number of aromatic nitrogens is 1. The van der Waals surface area contributed by atoms with Gasteiger partial charge in [-0.3, -0.25) is 4.79 Å². The highest BCUT2D eigenvalue weighted by Gasteiger charge is 2.21. The highest BCUT2D eigenvalue weighted by atomic mass is 16.1. The number of nitrogens with zero attached hydrogens (tertiary/aromatic N) is 2. The SMILES string of the molecule is CC1CNC(=O)CC(NCCN(Cc2ccccc2)c2ccccn2)C1. The van der Waals surface area contributed by atoms with Crippen LogP contribution in [0.1, 0.15) is 25.3 Å². The van der Waals surface area contributed by atoms with Gasteiger partial charge in [-0.2, -0.15) is 0 Å². The first-order valence-corrected chi connectivity index (χ1v) is 9.40. The van der Waals surface area contributed by atoms with Crippen LogP contribution in [0.15, 0.2) is 54.7 Å². The summed E-state index contributed by atoms with van der Waals surface area (Å²) in [5.74, 6) is 1.64. The lowest BCUT2D eigenvalue weighted by molar-refractivity contribution is -0.121. The Morgan fingerprint density at radius 2 is 2.00 bits per heavy atom. The summed E-state index contributed by atoms with van der Waals surface area (Å²) in [6.45, 7) is 5.47. The molecule has 2 heterocycles. The highest BCUT2D eigenvalue weighted by Crippen LogP contribution is 2.15. The zero-order valence-corrected chi connectivity index (χ0v) is 15.4. The molecular formula is C21H28N4O. The highest BCUT2D eigenvalue weighted by molar-refractivity contribution is 5.76. The molecule has 26 heavy (non-hydrogen) atoms. The van der Waals surface area contributed by atoms with Gasteiger partial charge in [-0.15, -0.1) is 0 Å². The van der Waals surface area contributed by atoms with Gasteiger partial charge in [0.25, 0.3) is 0 Å². The standard InChI is InChI=1S/C21H28N4O/c1-17-13-19(14-21(26)24-15-17)22-11-12-25(20-9-5-6-10-23-20)16-18-7-3-2-4-8-18/h2-10,17,19,22H,11-16H2,1H3,(H,24,26). The Balaban J connectivity index is 1.60. The molecule has 1 aromatic heterocycles. The minimum atomic E-state index is 0.151. The van der Waals surface area contributed by atoms with E-state index in [0.717, 1.165) is 38.4 Å². The number of nitrogens with one attached hydrogen (secondary N) is 2. The molecule has 1 amide bonds. The molecule has 3 rings (SSSR count). The first kappa shape index (κ1) is 18.4. The third-order valence-electron chi connectivity index (χ3n) is 4.77. The van der Waals surface area contributed by atoms with Gasteiger partial charge < -0.3 is 15.5 Å². The zero-order chi connectivity index (χ0) is 18.2. The maximum atomic E-state index is 11.8. The second-order valence-corrected chi connectivity index (χ2v) is 7.10. The van der Waals surface area contributed by atoms with Crippen molar-refractivity contribution in [2.75, 3.05) is 24.5 Å². The smallest absolute Gasteiger partial charge is 0.221 e. The second kappa shape index (κ2) is 9.34. The minimum absolute atomic E-state index is 0.151. The average Bonchev–Trinajstić information content (AvgIpc) is 2.83. The second-order valence-electron chi connectivity index (χ2n) is 7.10. The third kappa shape index (κ3) is 5.56. The van der Waals surface area contributed by atoms with Crippen LogP contribution in [-0.4, -0.2) is 36.6 Å². The molecule has 2 atom stereocenters. The molecular weight excluding hydrogens is 324 g/mol. The lowest BCUT2D eigenvalue weighted by Gasteiger charge is -2.26. The molecule has 1 aliphatic heterocycles. The summed E-state index contributed by atoms with van der Waals surface area (Å²) >= 11 is 0. The maximum Gasteiger partial charge on any atom is 0.221 e. The van der Waals surface area contributed by atoms with Crippen molar-refractivity contribution in [2.24, 2.45) is 5.92 Å². The number of hydrogen-bond acceptors (Lipinski definition) is 4. The summed E-state index contributed by atoms with van der Waals surface area (Å²) in [6, 6.07) is 16.7. The summed E-state index contributed by atoms with van der Waals surface area (Å²) in [6.07, 6.45) is 3.42. The number of pyridine rings is 1. The molecule has 2 unspecified atom stereocenters. The Bertz CT molecular complexity index is 677. The van der Waals surface area contributed by atoms with Crippen LogP contribution in [0.25, 0.3) is 0 Å². The molecule has 5 heteroatoms. The number of benzene rings is 1. The van der Waals surface area contributed by atoms with E-state index in [9.17, 15) is 4.79 Å². The van der Waals surface area contributed by atoms with E-state index >= 15 is 0 Å². The quantitative estimate of drug-likeness (QED) is 0.804. The van der Waals surface area contributed by atoms with Gasteiger partial charge >= 0.3 is 0 Å². The number of rotatable bonds is 7. The predicted molar refractivity (Wildman–Crippen MR) is 105 cm³/mol. The normalized spacial score (nSPS) is 20.3. The fraction of sp³-hybridized carbons (Fsp3) is 0.429. The molecule has 1 fully saturated rings. The molecule has 1 saturated heterocycles. The van der Waals surface area contributed by atoms with Crippen molar-refractivity contribution in [1.29, 1.82) is 0 Å². The van der Waals surface area contributed by atoms with Crippen LogP contribution in [0.4, 0.5) is 5.82 Å². The van der Waals surface area contributed by atoms with Crippen molar-refractivity contribution in [3.05, 3.63) is 60.3 Å². The van der Waals surface area contributed by atoms with Gasteiger partial charge in [0.15, 0.2) is 0 Å². The van der Waals surface area contributed by atoms with Crippen molar-refractivity contribution in [3.63, 3.8) is 0 Å². The van der Waals surface area contributed by atoms with Gasteiger partial charge in [-0.1, -0.05) is 43.3 Å². The molecule has 0 radical (unpaired) electrons. The summed E-state index contributed by atoms with van der Waals surface area (Å²) in [5, 5.41) is 6.56. The Labute approximate surface area is 155 Å². The van der Waals surface area contributed by atoms with E-state index in [4.69, 9.17) is 0 Å². The Morgan fingerprint density at radius 1 is 1.19 bits per heavy atom. The molecule has 0 bridgehead atoms. The number of carbonyl (C=O) groups excluding carboxylic acids is 1. The predicted octanol–water partition coefficient (Wildman–Crippen LogP) is 2.59. The first-order valence-electron chi connectivity index (χ1n) is 9.40. The van der Waals surface area contributed by atoms with Gasteiger partial charge in [-0.25, -0.2) is 4.98 Å². The number of anilines is 1. The number of hydrogen-bond donors (Lipinski definition) is 2. The van der Waals surface area contributed by atoms with E-state index in [1.54, 1.807) is 0 Å². The van der Waals surface area contributed by atoms with E-state index in [1.807, 2.05) is 30.5 Å². The molecule has 0 saturated carbocycles. The molecule has 0 spiro atoms. The van der Waals surface area contributed by atoms with E-state index in [-0.39, 0.29) is 11.9 Å². The van der Waals surface area contributed by atoms with E-state index in [2.05, 4.69) is 51.7 Å². The molecule has 2 N–H and O–H groups in total. The van der Waals surface area contributed by atoms with Gasteiger partial charge in [-0.05, 0) is 30.0 Å². The number of amides is 1. The van der Waals surface area contributed by atoms with Crippen molar-refractivity contribution < 1.29 is 4.79 Å². The number of carbonyl (C=O) groups is 1. The molecule has 138 valence electrons. The Hall–Kier alpha value is -2.40. The fourth-order valence-electron chi connectivity index (χ4n) is 3.41. The summed E-state index contributed by atoms with van der Waals surface area (Å²) in [5.41, 5.74) is 1.26. The van der Waals surface area contributed by atoms with Gasteiger partial charge in [0.1, 0.15) is 5.82 Å². The van der Waals surface area contributed by atoms with Crippen LogP contribution >= 0.6 is 0 Å². The summed E-state index contributed by atoms with van der Waals surface area (Å²) in [4.78, 5) is 18.6. The maximum absolute atomic E-state index is 11.8. The lowest BCUT2D eigenvalue weighted by Crippen LogP contribution is -2.39. The average molecular weight is 352 g/mol. The zero-order valence-electron chi connectivity index (χ0n) is 15.4. The van der Waals surface area contributed by atoms with Crippen molar-refractivity contribution in [1.82, 2.24) is 15.6 Å². The van der Waals surface area contributed by atoms with E-state index in [1.165, 1.54) is 5.56 Å². The van der Waals surface area contributed by atoms with Crippen LogP contribution in [-0.2, 0) is 11.3 Å². The molecule has 1 aromatic carbocycles. The third-order valence-corrected chi connectivity index (χ3v) is 4.77. The molecule has 0 aliphatic carbocycles. The van der Waals surface area contributed by atoms with Crippen LogP contribution in [0.2, 0.25) is 0 Å². The largest absolute Gasteiger partial charge is 0.356 e.